The Bertz CT molecular complexity index is 1620. The first-order valence-electron chi connectivity index (χ1n) is 14.2. The molecule has 0 radical (unpaired) electrons. The number of thioether (sulfide) groups is 1. The summed E-state index contributed by atoms with van der Waals surface area (Å²) in [6, 6.07) is 13.3. The Kier molecular flexibility index (Phi) is 10.1. The van der Waals surface area contributed by atoms with Crippen molar-refractivity contribution in [1.82, 2.24) is 14.8 Å². The third-order valence-electron chi connectivity index (χ3n) is 7.70. The van der Waals surface area contributed by atoms with E-state index in [0.29, 0.717) is 18.4 Å². The van der Waals surface area contributed by atoms with Crippen molar-refractivity contribution in [1.29, 1.82) is 0 Å². The van der Waals surface area contributed by atoms with Gasteiger partial charge in [-0.2, -0.15) is 13.9 Å². The molecule has 1 aliphatic heterocycles. The third kappa shape index (κ3) is 8.00. The molecule has 4 atom stereocenters. The number of halogens is 6. The highest BCUT2D eigenvalue weighted by Gasteiger charge is 2.42. The summed E-state index contributed by atoms with van der Waals surface area (Å²) < 4.78 is 92.0. The van der Waals surface area contributed by atoms with Gasteiger partial charge < -0.3 is 14.6 Å². The minimum Gasteiger partial charge on any atom is -0.487 e. The molecule has 0 amide bonds. The van der Waals surface area contributed by atoms with Gasteiger partial charge in [0.25, 0.3) is 0 Å². The molecular weight excluding hydrogens is 620 g/mol. The smallest absolute Gasteiger partial charge is 0.340 e. The molecule has 2 heterocycles. The maximum absolute atomic E-state index is 14.8. The monoisotopic (exact) mass is 651 g/mol. The molecule has 0 saturated carbocycles. The highest BCUT2D eigenvalue weighted by molar-refractivity contribution is 8.00. The lowest BCUT2D eigenvalue weighted by Gasteiger charge is -2.37. The Morgan fingerprint density at radius 2 is 1.87 bits per heavy atom. The summed E-state index contributed by atoms with van der Waals surface area (Å²) in [4.78, 5) is 3.90. The van der Waals surface area contributed by atoms with Gasteiger partial charge >= 0.3 is 12.3 Å². The minimum absolute atomic E-state index is 0.0214. The first-order chi connectivity index (χ1) is 21.4. The van der Waals surface area contributed by atoms with Gasteiger partial charge in [-0.1, -0.05) is 43.3 Å². The van der Waals surface area contributed by atoms with Crippen LogP contribution in [0.25, 0.3) is 16.8 Å². The van der Waals surface area contributed by atoms with E-state index in [9.17, 15) is 31.4 Å². The average Bonchev–Trinajstić information content (AvgIpc) is 3.52. The molecule has 1 aromatic heterocycles. The molecule has 4 aromatic rings. The molecule has 0 spiro atoms. The van der Waals surface area contributed by atoms with Crippen LogP contribution < -0.4 is 4.74 Å². The number of fused-ring (bicyclic) bond motifs is 1. The van der Waals surface area contributed by atoms with Gasteiger partial charge in [0.15, 0.2) is 6.61 Å². The number of hydrogen-bond acceptors (Lipinski definition) is 6. The predicted molar refractivity (Wildman–Crippen MR) is 160 cm³/mol. The van der Waals surface area contributed by atoms with Gasteiger partial charge in [-0.05, 0) is 53.4 Å². The summed E-state index contributed by atoms with van der Waals surface area (Å²) in [6.45, 7) is 0.717. The number of hydrogen-bond donors (Lipinski definition) is 1. The molecule has 1 N–H and O–H groups in total. The zero-order valence-electron chi connectivity index (χ0n) is 24.1. The number of aromatic nitrogens is 3. The summed E-state index contributed by atoms with van der Waals surface area (Å²) in [6.07, 6.45) is 4.15. The van der Waals surface area contributed by atoms with Crippen LogP contribution in [-0.2, 0) is 16.9 Å². The van der Waals surface area contributed by atoms with Crippen molar-refractivity contribution >= 4 is 28.6 Å². The maximum Gasteiger partial charge on any atom is 0.340 e. The summed E-state index contributed by atoms with van der Waals surface area (Å²) in [7, 11) is 0. The molecule has 3 aromatic carbocycles. The van der Waals surface area contributed by atoms with E-state index in [1.165, 1.54) is 47.3 Å². The summed E-state index contributed by atoms with van der Waals surface area (Å²) in [5.74, 6) is -5.73. The molecule has 45 heavy (non-hydrogen) atoms. The standard InChI is InChI=1S/C32H31F6N3O3S/c1-20(31(42,16-41-19-39-18-40-41)28-11-6-24(33)14-29(28)34)45-27-10-9-25(43-15-27)7-3-21-2-4-23-13-26(8-5-22(23)12-21)44-17-32(37,38)30(35)36/h2-8,11-14,18-20,25,27,30,42H,9-10,15-17H2,1H3. The van der Waals surface area contributed by atoms with Crippen LogP contribution >= 0.6 is 11.8 Å². The number of ether oxygens (including phenoxy) is 2. The maximum atomic E-state index is 14.8. The van der Waals surface area contributed by atoms with Gasteiger partial charge in [0.05, 0.1) is 19.3 Å². The van der Waals surface area contributed by atoms with Crippen molar-refractivity contribution in [3.05, 3.63) is 96.1 Å². The van der Waals surface area contributed by atoms with E-state index in [2.05, 4.69) is 10.1 Å². The Balaban J connectivity index is 1.18. The van der Waals surface area contributed by atoms with Crippen molar-refractivity contribution in [3.8, 4) is 5.75 Å². The lowest BCUT2D eigenvalue weighted by Crippen LogP contribution is -2.43. The molecule has 13 heteroatoms. The summed E-state index contributed by atoms with van der Waals surface area (Å²) in [5, 5.41) is 16.9. The van der Waals surface area contributed by atoms with Crippen LogP contribution in [0.5, 0.6) is 5.75 Å². The van der Waals surface area contributed by atoms with Crippen LogP contribution in [0.3, 0.4) is 0 Å². The number of nitrogens with zero attached hydrogens (tertiary/aromatic N) is 3. The van der Waals surface area contributed by atoms with E-state index in [0.717, 1.165) is 29.5 Å². The summed E-state index contributed by atoms with van der Waals surface area (Å²) >= 11 is 1.47. The van der Waals surface area contributed by atoms with Crippen LogP contribution in [0, 0.1) is 11.6 Å². The van der Waals surface area contributed by atoms with Crippen molar-refractivity contribution in [2.24, 2.45) is 0 Å². The van der Waals surface area contributed by atoms with E-state index in [4.69, 9.17) is 9.47 Å². The van der Waals surface area contributed by atoms with Crippen LogP contribution in [-0.4, -0.2) is 62.0 Å². The highest BCUT2D eigenvalue weighted by Crippen LogP contribution is 2.40. The van der Waals surface area contributed by atoms with E-state index >= 15 is 0 Å². The molecule has 0 bridgehead atoms. The van der Waals surface area contributed by atoms with Crippen molar-refractivity contribution in [3.63, 3.8) is 0 Å². The fraction of sp³-hybridized carbons (Fsp3) is 0.375. The van der Waals surface area contributed by atoms with Crippen LogP contribution in [0.2, 0.25) is 0 Å². The molecular formula is C32H31F6N3O3S. The molecule has 1 fully saturated rings. The van der Waals surface area contributed by atoms with Gasteiger partial charge in [0, 0.05) is 22.1 Å². The normalized spacial score (nSPS) is 19.7. The van der Waals surface area contributed by atoms with E-state index in [-0.39, 0.29) is 29.2 Å². The zero-order valence-corrected chi connectivity index (χ0v) is 24.9. The quantitative estimate of drug-likeness (QED) is 0.163. The fourth-order valence-electron chi connectivity index (χ4n) is 5.14. The molecule has 0 aliphatic carbocycles. The second-order valence-corrected chi connectivity index (χ2v) is 12.6. The van der Waals surface area contributed by atoms with E-state index in [1.54, 1.807) is 19.1 Å². The SMILES string of the molecule is CC(SC1CCC(C=Cc2ccc3cc(OCC(F)(F)C(F)F)ccc3c2)OC1)C(O)(Cn1cncn1)c1ccc(F)cc1F. The molecule has 240 valence electrons. The first kappa shape index (κ1) is 32.8. The molecule has 1 saturated heterocycles. The third-order valence-corrected chi connectivity index (χ3v) is 9.25. The first-order valence-corrected chi connectivity index (χ1v) is 15.2. The fourth-order valence-corrected chi connectivity index (χ4v) is 6.57. The van der Waals surface area contributed by atoms with Crippen LogP contribution in [0.15, 0.2) is 73.3 Å². The van der Waals surface area contributed by atoms with Gasteiger partial charge in [0.1, 0.15) is 35.6 Å². The number of aliphatic hydroxyl groups is 1. The predicted octanol–water partition coefficient (Wildman–Crippen LogP) is 7.26. The molecule has 5 rings (SSSR count). The average molecular weight is 652 g/mol. The van der Waals surface area contributed by atoms with Crippen molar-refractivity contribution in [2.75, 3.05) is 13.2 Å². The lowest BCUT2D eigenvalue weighted by atomic mass is 9.90. The highest BCUT2D eigenvalue weighted by atomic mass is 32.2. The second kappa shape index (κ2) is 13.8. The Morgan fingerprint density at radius 3 is 2.56 bits per heavy atom. The number of alkyl halides is 4. The second-order valence-electron chi connectivity index (χ2n) is 11.0. The molecule has 1 aliphatic rings. The van der Waals surface area contributed by atoms with Crippen LogP contribution in [0.1, 0.15) is 30.9 Å². The van der Waals surface area contributed by atoms with Crippen molar-refractivity contribution in [2.45, 2.75) is 60.9 Å². The molecule has 6 nitrogen and oxygen atoms in total. The topological polar surface area (TPSA) is 69.4 Å². The largest absolute Gasteiger partial charge is 0.487 e. The molecule has 4 unspecified atom stereocenters. The Morgan fingerprint density at radius 1 is 1.09 bits per heavy atom. The van der Waals surface area contributed by atoms with Crippen LogP contribution in [0.4, 0.5) is 26.3 Å². The van der Waals surface area contributed by atoms with Crippen molar-refractivity contribution < 1.29 is 40.9 Å². The van der Waals surface area contributed by atoms with Gasteiger partial charge in [-0.3, -0.25) is 0 Å². The Labute approximate surface area is 260 Å². The number of rotatable bonds is 12. The van der Waals surface area contributed by atoms with Gasteiger partial charge in [-0.15, -0.1) is 11.8 Å². The van der Waals surface area contributed by atoms with Gasteiger partial charge in [0.2, 0.25) is 0 Å². The number of benzene rings is 3. The summed E-state index contributed by atoms with van der Waals surface area (Å²) in [5.41, 5.74) is -0.842. The van der Waals surface area contributed by atoms with Gasteiger partial charge in [-0.25, -0.2) is 27.2 Å². The Hall–Kier alpha value is -3.55. The zero-order chi connectivity index (χ0) is 32.2. The lowest BCUT2D eigenvalue weighted by molar-refractivity contribution is -0.148. The van der Waals surface area contributed by atoms with E-state index in [1.807, 2.05) is 24.3 Å². The van der Waals surface area contributed by atoms with E-state index < -0.39 is 41.4 Å². The minimum atomic E-state index is -4.23.